The van der Waals surface area contributed by atoms with Gasteiger partial charge in [-0.3, -0.25) is 0 Å². The summed E-state index contributed by atoms with van der Waals surface area (Å²) >= 11 is 0. The van der Waals surface area contributed by atoms with Crippen LogP contribution in [-0.4, -0.2) is 45.3 Å². The Morgan fingerprint density at radius 3 is 1.70 bits per heavy atom. The Morgan fingerprint density at radius 2 is 1.17 bits per heavy atom. The van der Waals surface area contributed by atoms with E-state index in [0.717, 1.165) is 43.5 Å². The number of rotatable bonds is 7. The normalized spacial score (nSPS) is 21.5. The van der Waals surface area contributed by atoms with Gasteiger partial charge in [0, 0.05) is 10.8 Å². The maximum Gasteiger partial charge on any atom is 0.307 e. The first-order chi connectivity index (χ1) is 25.6. The van der Waals surface area contributed by atoms with Gasteiger partial charge in [0.2, 0.25) is 0 Å². The Kier molecular flexibility index (Phi) is 8.63. The van der Waals surface area contributed by atoms with Crippen LogP contribution in [-0.2, 0) is 18.6 Å². The van der Waals surface area contributed by atoms with Crippen LogP contribution < -0.4 is 15.5 Å². The maximum absolute atomic E-state index is 7.41. The zero-order valence-electron chi connectivity index (χ0n) is 30.6. The fourth-order valence-electron chi connectivity index (χ4n) is 8.39. The highest BCUT2D eigenvalue weighted by atomic mass is 31.1. The van der Waals surface area contributed by atoms with Crippen LogP contribution in [0, 0.1) is 0 Å². The standard InChI is InChI=1S/C44H44NO6PSi/c1-43(2,3)53(31-18-8-6-9-19-31,32-20-10-7-11-21-32)46-28-37-40(41-42(47-37)49-44(4,5)48-41)45-52-50-35-26-24-29-16-12-14-22-33(29)38(35)39-34-23-15-13-17-30(34)25-27-36(39)51-52/h6-27,37,40-42,45H,28H2,1-5H3/t37-,40-,41-,42-/m1/s1. The van der Waals surface area contributed by atoms with Crippen LogP contribution in [0.5, 0.6) is 0 Å². The second-order valence-corrected chi connectivity index (χ2v) is 21.0. The van der Waals surface area contributed by atoms with Crippen LogP contribution in [0.1, 0.15) is 34.6 Å². The van der Waals surface area contributed by atoms with Crippen LogP contribution in [0.2, 0.25) is 5.04 Å². The van der Waals surface area contributed by atoms with E-state index in [-0.39, 0.29) is 11.1 Å². The quantitative estimate of drug-likeness (QED) is 0.163. The van der Waals surface area contributed by atoms with Crippen molar-refractivity contribution in [2.24, 2.45) is 0 Å². The van der Waals surface area contributed by atoms with Gasteiger partial charge in [-0.05, 0) is 62.9 Å². The second kappa shape index (κ2) is 13.3. The minimum absolute atomic E-state index is 0.196. The van der Waals surface area contributed by atoms with Crippen LogP contribution >= 0.6 is 8.16 Å². The average molecular weight is 742 g/mol. The van der Waals surface area contributed by atoms with Gasteiger partial charge < -0.3 is 27.0 Å². The van der Waals surface area contributed by atoms with E-state index in [4.69, 9.17) is 27.0 Å². The molecule has 0 amide bonds. The molecular formula is C44H44NO6PSi. The summed E-state index contributed by atoms with van der Waals surface area (Å²) < 4.78 is 40.8. The van der Waals surface area contributed by atoms with Gasteiger partial charge in [0.25, 0.3) is 8.32 Å². The molecule has 6 aromatic carbocycles. The van der Waals surface area contributed by atoms with Gasteiger partial charge in [-0.25, -0.2) is 5.09 Å². The van der Waals surface area contributed by atoms with Gasteiger partial charge in [-0.1, -0.05) is 142 Å². The summed E-state index contributed by atoms with van der Waals surface area (Å²) in [6.45, 7) is 11.0. The SMILES string of the molecule is CC1(C)O[C@H]2O[C@H](CO[Si](c3ccccc3)(c3ccccc3)C(C)(C)C)[C@@H](Np3oc4ccc5ccccc5c4c4c(ccc5ccccc54)o3)[C@H]2O1. The number of nitrogens with one attached hydrogen (secondary N) is 1. The van der Waals surface area contributed by atoms with E-state index in [0.29, 0.717) is 6.61 Å². The van der Waals surface area contributed by atoms with E-state index in [9.17, 15) is 0 Å². The van der Waals surface area contributed by atoms with E-state index in [1.165, 1.54) is 10.4 Å². The summed E-state index contributed by atoms with van der Waals surface area (Å²) in [4.78, 5) is 0. The minimum atomic E-state index is -2.86. The monoisotopic (exact) mass is 741 g/mol. The molecule has 0 radical (unpaired) electrons. The van der Waals surface area contributed by atoms with E-state index >= 15 is 0 Å². The van der Waals surface area contributed by atoms with Crippen molar-refractivity contribution in [3.05, 3.63) is 133 Å². The molecule has 1 aromatic heterocycles. The highest BCUT2D eigenvalue weighted by molar-refractivity contribution is 7.38. The maximum atomic E-state index is 7.41. The van der Waals surface area contributed by atoms with Crippen LogP contribution in [0.4, 0.5) is 0 Å². The summed E-state index contributed by atoms with van der Waals surface area (Å²) in [6, 6.07) is 46.2. The molecule has 3 heterocycles. The topological polar surface area (TPSA) is 75.2 Å². The second-order valence-electron chi connectivity index (χ2n) is 15.5. The molecule has 2 aliphatic heterocycles. The van der Waals surface area contributed by atoms with Crippen molar-refractivity contribution in [1.82, 2.24) is 0 Å². The lowest BCUT2D eigenvalue weighted by Gasteiger charge is -2.43. The fourth-order valence-corrected chi connectivity index (χ4v) is 14.3. The van der Waals surface area contributed by atoms with Crippen molar-refractivity contribution in [2.75, 3.05) is 11.7 Å². The number of fused-ring (bicyclic) bond motifs is 8. The van der Waals surface area contributed by atoms with Gasteiger partial charge in [0.1, 0.15) is 23.4 Å². The van der Waals surface area contributed by atoms with Gasteiger partial charge >= 0.3 is 8.16 Å². The van der Waals surface area contributed by atoms with E-state index < -0.39 is 40.8 Å². The lowest BCUT2D eigenvalue weighted by molar-refractivity contribution is -0.208. The first kappa shape index (κ1) is 34.5. The van der Waals surface area contributed by atoms with Crippen molar-refractivity contribution in [3.63, 3.8) is 0 Å². The van der Waals surface area contributed by atoms with Crippen LogP contribution in [0.15, 0.2) is 142 Å². The molecule has 9 rings (SSSR count). The fraction of sp³-hybridized carbons (Fsp3) is 0.273. The lowest BCUT2D eigenvalue weighted by atomic mass is 9.99. The van der Waals surface area contributed by atoms with E-state index in [1.807, 2.05) is 13.8 Å². The van der Waals surface area contributed by atoms with Gasteiger partial charge in [-0.15, -0.1) is 0 Å². The largest absolute Gasteiger partial charge is 0.408 e. The third kappa shape index (κ3) is 6.03. The molecule has 4 atom stereocenters. The molecule has 0 unspecified atom stereocenters. The highest BCUT2D eigenvalue weighted by Crippen LogP contribution is 2.45. The number of benzene rings is 6. The molecular weight excluding hydrogens is 698 g/mol. The van der Waals surface area contributed by atoms with Crippen molar-refractivity contribution < 1.29 is 27.0 Å². The van der Waals surface area contributed by atoms with Gasteiger partial charge in [-0.2, -0.15) is 0 Å². The number of hydrogen-bond acceptors (Lipinski definition) is 7. The third-order valence-electron chi connectivity index (χ3n) is 10.7. The Morgan fingerprint density at radius 1 is 0.660 bits per heavy atom. The Balaban J connectivity index is 1.17. The number of hydrogen-bond donors (Lipinski definition) is 1. The molecule has 7 nitrogen and oxygen atoms in total. The highest BCUT2D eigenvalue weighted by Gasteiger charge is 2.57. The lowest BCUT2D eigenvalue weighted by Crippen LogP contribution is -2.67. The van der Waals surface area contributed by atoms with Crippen LogP contribution in [0.3, 0.4) is 0 Å². The molecule has 0 aliphatic carbocycles. The zero-order valence-corrected chi connectivity index (χ0v) is 32.5. The zero-order chi connectivity index (χ0) is 36.4. The molecule has 0 bridgehead atoms. The molecule has 0 saturated carbocycles. The Hall–Kier alpha value is -4.24. The molecule has 2 aliphatic rings. The van der Waals surface area contributed by atoms with Crippen molar-refractivity contribution in [2.45, 2.75) is 70.0 Å². The first-order valence-electron chi connectivity index (χ1n) is 18.3. The van der Waals surface area contributed by atoms with Crippen molar-refractivity contribution >= 4 is 70.3 Å². The van der Waals surface area contributed by atoms with Gasteiger partial charge in [0.15, 0.2) is 12.1 Å². The van der Waals surface area contributed by atoms with Crippen molar-refractivity contribution in [1.29, 1.82) is 0 Å². The summed E-state index contributed by atoms with van der Waals surface area (Å²) in [5.41, 5.74) is 1.52. The first-order valence-corrected chi connectivity index (χ1v) is 21.4. The molecule has 7 aromatic rings. The molecule has 53 heavy (non-hydrogen) atoms. The van der Waals surface area contributed by atoms with E-state index in [1.54, 1.807) is 0 Å². The molecule has 1 N–H and O–H groups in total. The Bertz CT molecular complexity index is 2340. The van der Waals surface area contributed by atoms with Gasteiger partial charge in [0.05, 0.1) is 12.6 Å². The summed E-state index contributed by atoms with van der Waals surface area (Å²) in [7, 11) is -4.60. The predicted molar refractivity (Wildman–Crippen MR) is 217 cm³/mol. The summed E-state index contributed by atoms with van der Waals surface area (Å²) in [5, 5.41) is 12.5. The molecule has 2 saturated heterocycles. The summed E-state index contributed by atoms with van der Waals surface area (Å²) in [6.07, 6.45) is -1.42. The summed E-state index contributed by atoms with van der Waals surface area (Å²) in [5.74, 6) is -0.811. The molecule has 0 spiro atoms. The molecule has 9 heteroatoms. The average Bonchev–Trinajstić information content (AvgIpc) is 3.55. The Labute approximate surface area is 311 Å². The third-order valence-corrected chi connectivity index (χ3v) is 16.9. The molecule has 2 fully saturated rings. The number of ether oxygens (including phenoxy) is 3. The minimum Gasteiger partial charge on any atom is -0.408 e. The predicted octanol–water partition coefficient (Wildman–Crippen LogP) is 9.96. The van der Waals surface area contributed by atoms with Crippen molar-refractivity contribution in [3.8, 4) is 0 Å². The molecule has 270 valence electrons. The van der Waals surface area contributed by atoms with E-state index in [2.05, 4.69) is 159 Å². The smallest absolute Gasteiger partial charge is 0.307 e. The van der Waals surface area contributed by atoms with Crippen LogP contribution in [0.25, 0.3) is 43.5 Å².